The molecule has 0 aromatic heterocycles. The van der Waals surface area contributed by atoms with Gasteiger partial charge in [-0.15, -0.1) is 0 Å². The van der Waals surface area contributed by atoms with Crippen LogP contribution in [0, 0.1) is 3.57 Å². The van der Waals surface area contributed by atoms with Gasteiger partial charge in [-0.1, -0.05) is 6.07 Å². The minimum atomic E-state index is -1.38. The van der Waals surface area contributed by atoms with Crippen LogP contribution in [0.2, 0.25) is 0 Å². The van der Waals surface area contributed by atoms with Gasteiger partial charge in [0.25, 0.3) is 5.91 Å². The lowest BCUT2D eigenvalue weighted by Crippen LogP contribution is -2.30. The second kappa shape index (κ2) is 2.68. The number of aliphatic hydroxyl groups is 1. The molecule has 3 nitrogen and oxygen atoms in total. The summed E-state index contributed by atoms with van der Waals surface area (Å²) in [6.07, 6.45) is 0. The van der Waals surface area contributed by atoms with E-state index < -0.39 is 5.60 Å². The average molecular weight is 289 g/mol. The smallest absolute Gasteiger partial charge is 0.260 e. The second-order valence-corrected chi connectivity index (χ2v) is 4.46. The Bertz CT molecular complexity index is 387. The monoisotopic (exact) mass is 289 g/mol. The van der Waals surface area contributed by atoms with Crippen molar-refractivity contribution in [3.05, 3.63) is 27.3 Å². The Morgan fingerprint density at radius 2 is 2.23 bits per heavy atom. The van der Waals surface area contributed by atoms with E-state index in [-0.39, 0.29) is 5.91 Å². The maximum atomic E-state index is 11.3. The molecule has 0 bridgehead atoms. The highest BCUT2D eigenvalue weighted by atomic mass is 127. The molecule has 0 spiro atoms. The van der Waals surface area contributed by atoms with Gasteiger partial charge in [-0.05, 0) is 41.6 Å². The first-order valence-corrected chi connectivity index (χ1v) is 4.93. The van der Waals surface area contributed by atoms with E-state index in [0.717, 1.165) is 3.57 Å². The van der Waals surface area contributed by atoms with E-state index in [1.165, 1.54) is 6.92 Å². The first-order chi connectivity index (χ1) is 6.01. The van der Waals surface area contributed by atoms with Crippen molar-refractivity contribution in [1.82, 2.24) is 0 Å². The number of hydrogen-bond donors (Lipinski definition) is 2. The van der Waals surface area contributed by atoms with E-state index in [9.17, 15) is 9.90 Å². The molecule has 1 aliphatic rings. The summed E-state index contributed by atoms with van der Waals surface area (Å²) in [4.78, 5) is 11.3. The average Bonchev–Trinajstić information content (AvgIpc) is 2.23. The third-order valence-electron chi connectivity index (χ3n) is 2.20. The minimum Gasteiger partial charge on any atom is -0.375 e. The molecule has 1 heterocycles. The molecule has 1 aliphatic heterocycles. The Kier molecular flexibility index (Phi) is 1.85. The van der Waals surface area contributed by atoms with Crippen LogP contribution in [0.4, 0.5) is 5.69 Å². The van der Waals surface area contributed by atoms with Crippen molar-refractivity contribution >= 4 is 34.2 Å². The van der Waals surface area contributed by atoms with Crippen LogP contribution in [0.15, 0.2) is 18.2 Å². The summed E-state index contributed by atoms with van der Waals surface area (Å²) < 4.78 is 1.04. The number of carbonyl (C=O) groups excluding carboxylic acids is 1. The molecule has 2 rings (SSSR count). The molecular weight excluding hydrogens is 281 g/mol. The van der Waals surface area contributed by atoms with Crippen molar-refractivity contribution in [3.8, 4) is 0 Å². The van der Waals surface area contributed by atoms with Gasteiger partial charge in [0, 0.05) is 14.8 Å². The molecule has 0 saturated heterocycles. The second-order valence-electron chi connectivity index (χ2n) is 3.22. The van der Waals surface area contributed by atoms with Gasteiger partial charge >= 0.3 is 0 Å². The van der Waals surface area contributed by atoms with Gasteiger partial charge in [-0.25, -0.2) is 0 Å². The summed E-state index contributed by atoms with van der Waals surface area (Å²) in [6, 6.07) is 5.48. The largest absolute Gasteiger partial charge is 0.375 e. The number of halogens is 1. The standard InChI is InChI=1S/C9H8INO2/c1-9(13)6-3-2-5(10)4-7(6)11-8(9)12/h2-4,13H,1H3,(H,11,12). The highest BCUT2D eigenvalue weighted by Crippen LogP contribution is 2.35. The molecule has 13 heavy (non-hydrogen) atoms. The van der Waals surface area contributed by atoms with Crippen molar-refractivity contribution < 1.29 is 9.90 Å². The van der Waals surface area contributed by atoms with Gasteiger partial charge in [0.05, 0.1) is 0 Å². The van der Waals surface area contributed by atoms with Crippen molar-refractivity contribution in [1.29, 1.82) is 0 Å². The maximum absolute atomic E-state index is 11.3. The molecule has 1 atom stereocenters. The van der Waals surface area contributed by atoms with Crippen LogP contribution >= 0.6 is 22.6 Å². The first kappa shape index (κ1) is 8.96. The molecule has 1 unspecified atom stereocenters. The molecule has 1 amide bonds. The van der Waals surface area contributed by atoms with E-state index in [1.807, 2.05) is 12.1 Å². The summed E-state index contributed by atoms with van der Waals surface area (Å²) in [6.45, 7) is 1.50. The number of fused-ring (bicyclic) bond motifs is 1. The molecule has 0 radical (unpaired) electrons. The Morgan fingerprint density at radius 1 is 1.54 bits per heavy atom. The molecule has 68 valence electrons. The summed E-state index contributed by atoms with van der Waals surface area (Å²) in [7, 11) is 0. The zero-order valence-corrected chi connectivity index (χ0v) is 9.12. The summed E-state index contributed by atoms with van der Waals surface area (Å²) in [5, 5.41) is 12.4. The molecule has 2 N–H and O–H groups in total. The fourth-order valence-corrected chi connectivity index (χ4v) is 1.90. The number of anilines is 1. The first-order valence-electron chi connectivity index (χ1n) is 3.85. The van der Waals surface area contributed by atoms with Crippen LogP contribution in [0.25, 0.3) is 0 Å². The highest BCUT2D eigenvalue weighted by Gasteiger charge is 2.40. The lowest BCUT2D eigenvalue weighted by Gasteiger charge is -2.13. The van der Waals surface area contributed by atoms with Crippen molar-refractivity contribution in [2.75, 3.05) is 5.32 Å². The number of amides is 1. The fraction of sp³-hybridized carbons (Fsp3) is 0.222. The maximum Gasteiger partial charge on any atom is 0.260 e. The van der Waals surface area contributed by atoms with Gasteiger partial charge in [0.1, 0.15) is 0 Å². The van der Waals surface area contributed by atoms with Gasteiger partial charge in [0.2, 0.25) is 0 Å². The molecule has 4 heteroatoms. The molecule has 1 aromatic rings. The summed E-state index contributed by atoms with van der Waals surface area (Å²) >= 11 is 2.16. The summed E-state index contributed by atoms with van der Waals surface area (Å²) in [5.74, 6) is -0.357. The van der Waals surface area contributed by atoms with E-state index in [1.54, 1.807) is 6.07 Å². The highest BCUT2D eigenvalue weighted by molar-refractivity contribution is 14.1. The van der Waals surface area contributed by atoms with Gasteiger partial charge in [0.15, 0.2) is 5.60 Å². The number of benzene rings is 1. The zero-order valence-electron chi connectivity index (χ0n) is 6.97. The molecule has 0 fully saturated rings. The van der Waals surface area contributed by atoms with Gasteiger partial charge in [-0.3, -0.25) is 4.79 Å². The van der Waals surface area contributed by atoms with Gasteiger partial charge < -0.3 is 10.4 Å². The molecule has 1 aromatic carbocycles. The Morgan fingerprint density at radius 3 is 2.92 bits per heavy atom. The van der Waals surface area contributed by atoms with Crippen LogP contribution < -0.4 is 5.32 Å². The summed E-state index contributed by atoms with van der Waals surface area (Å²) in [5.41, 5.74) is -0.0144. The van der Waals surface area contributed by atoms with Crippen LogP contribution in [-0.2, 0) is 10.4 Å². The van der Waals surface area contributed by atoms with Crippen LogP contribution in [0.3, 0.4) is 0 Å². The Labute approximate surface area is 89.3 Å². The lowest BCUT2D eigenvalue weighted by molar-refractivity contribution is -0.131. The van der Waals surface area contributed by atoms with E-state index in [4.69, 9.17) is 0 Å². The topological polar surface area (TPSA) is 49.3 Å². The normalized spacial score (nSPS) is 25.6. The van der Waals surface area contributed by atoms with Crippen LogP contribution in [0.5, 0.6) is 0 Å². The molecule has 0 aliphatic carbocycles. The Hall–Kier alpha value is -0.620. The van der Waals surface area contributed by atoms with E-state index in [2.05, 4.69) is 27.9 Å². The van der Waals surface area contributed by atoms with Crippen LogP contribution in [-0.4, -0.2) is 11.0 Å². The number of hydrogen-bond acceptors (Lipinski definition) is 2. The number of nitrogens with one attached hydrogen (secondary N) is 1. The predicted octanol–water partition coefficient (Wildman–Crippen LogP) is 1.45. The predicted molar refractivity (Wildman–Crippen MR) is 57.4 cm³/mol. The van der Waals surface area contributed by atoms with Crippen molar-refractivity contribution in [2.24, 2.45) is 0 Å². The molecule has 0 saturated carbocycles. The minimum absolute atomic E-state index is 0.357. The number of rotatable bonds is 0. The van der Waals surface area contributed by atoms with Crippen molar-refractivity contribution in [2.45, 2.75) is 12.5 Å². The SMILES string of the molecule is CC1(O)C(=O)Nc2cc(I)ccc21. The third kappa shape index (κ3) is 1.24. The quantitative estimate of drug-likeness (QED) is 0.710. The Balaban J connectivity index is 2.62. The van der Waals surface area contributed by atoms with E-state index >= 15 is 0 Å². The lowest BCUT2D eigenvalue weighted by atomic mass is 9.98. The van der Waals surface area contributed by atoms with Crippen LogP contribution in [0.1, 0.15) is 12.5 Å². The molecular formula is C9H8INO2. The zero-order chi connectivity index (χ0) is 9.64. The fourth-order valence-electron chi connectivity index (χ4n) is 1.41. The number of carbonyl (C=O) groups is 1. The third-order valence-corrected chi connectivity index (χ3v) is 2.87. The van der Waals surface area contributed by atoms with Crippen molar-refractivity contribution in [3.63, 3.8) is 0 Å². The van der Waals surface area contributed by atoms with Gasteiger partial charge in [-0.2, -0.15) is 0 Å². The van der Waals surface area contributed by atoms with E-state index in [0.29, 0.717) is 11.3 Å².